The van der Waals surface area contributed by atoms with E-state index in [4.69, 9.17) is 4.74 Å². The lowest BCUT2D eigenvalue weighted by Crippen LogP contribution is -2.30. The second-order valence-electron chi connectivity index (χ2n) is 6.23. The Hall–Kier alpha value is -3.25. The molecule has 1 heterocycles. The molecular formula is C22H19NO4S. The summed E-state index contributed by atoms with van der Waals surface area (Å²) in [4.78, 5) is 38.2. The minimum Gasteiger partial charge on any atom is -0.452 e. The quantitative estimate of drug-likeness (QED) is 0.452. The average Bonchev–Trinajstić information content (AvgIpc) is 3.25. The van der Waals surface area contributed by atoms with E-state index in [9.17, 15) is 14.4 Å². The fourth-order valence-electron chi connectivity index (χ4n) is 2.58. The summed E-state index contributed by atoms with van der Waals surface area (Å²) in [5, 5.41) is 3.91. The number of nitrogens with zero attached hydrogens (tertiary/aromatic N) is 1. The number of amides is 1. The zero-order chi connectivity index (χ0) is 19.9. The molecule has 0 spiro atoms. The van der Waals surface area contributed by atoms with E-state index in [1.54, 1.807) is 54.8 Å². The third-order valence-electron chi connectivity index (χ3n) is 4.17. The summed E-state index contributed by atoms with van der Waals surface area (Å²) in [5.74, 6) is -1.00. The highest BCUT2D eigenvalue weighted by atomic mass is 32.1. The summed E-state index contributed by atoms with van der Waals surface area (Å²) in [6, 6.07) is 17.1. The van der Waals surface area contributed by atoms with E-state index in [-0.39, 0.29) is 23.9 Å². The normalized spacial score (nSPS) is 10.3. The lowest BCUT2D eigenvalue weighted by Gasteiger charge is -2.16. The van der Waals surface area contributed by atoms with Gasteiger partial charge in [0.25, 0.3) is 5.91 Å². The van der Waals surface area contributed by atoms with Crippen LogP contribution in [0.2, 0.25) is 0 Å². The van der Waals surface area contributed by atoms with Crippen LogP contribution in [0.1, 0.15) is 31.8 Å². The summed E-state index contributed by atoms with van der Waals surface area (Å²) >= 11 is 1.56. The predicted molar refractivity (Wildman–Crippen MR) is 107 cm³/mol. The monoisotopic (exact) mass is 393 g/mol. The highest BCUT2D eigenvalue weighted by molar-refractivity contribution is 7.07. The molecule has 0 saturated carbocycles. The molecule has 0 fully saturated rings. The Bertz CT molecular complexity index is 950. The third-order valence-corrected chi connectivity index (χ3v) is 4.90. The van der Waals surface area contributed by atoms with Crippen molar-refractivity contribution in [2.24, 2.45) is 0 Å². The van der Waals surface area contributed by atoms with Gasteiger partial charge in [0.15, 0.2) is 12.4 Å². The molecule has 0 aliphatic carbocycles. The van der Waals surface area contributed by atoms with Crippen molar-refractivity contribution in [2.45, 2.75) is 6.54 Å². The van der Waals surface area contributed by atoms with Crippen molar-refractivity contribution < 1.29 is 19.1 Å². The lowest BCUT2D eigenvalue weighted by molar-refractivity contribution is -0.133. The molecule has 28 heavy (non-hydrogen) atoms. The molecule has 0 bridgehead atoms. The molecule has 3 rings (SSSR count). The van der Waals surface area contributed by atoms with Crippen LogP contribution in [0.4, 0.5) is 0 Å². The maximum Gasteiger partial charge on any atom is 0.338 e. The first-order valence-electron chi connectivity index (χ1n) is 8.66. The number of likely N-dealkylation sites (N-methyl/N-ethyl adjacent to an activating group) is 1. The fourth-order valence-corrected chi connectivity index (χ4v) is 3.24. The van der Waals surface area contributed by atoms with E-state index in [0.29, 0.717) is 17.7 Å². The number of carbonyl (C=O) groups is 3. The molecule has 0 atom stereocenters. The Morgan fingerprint density at radius 3 is 2.18 bits per heavy atom. The Kier molecular flexibility index (Phi) is 6.34. The van der Waals surface area contributed by atoms with E-state index in [1.165, 1.54) is 17.0 Å². The predicted octanol–water partition coefficient (Wildman–Crippen LogP) is 3.79. The molecule has 1 aromatic heterocycles. The topological polar surface area (TPSA) is 63.7 Å². The Balaban J connectivity index is 1.54. The number of thiophene rings is 1. The number of benzene rings is 2. The molecule has 0 unspecified atom stereocenters. The van der Waals surface area contributed by atoms with Crippen molar-refractivity contribution in [3.63, 3.8) is 0 Å². The van der Waals surface area contributed by atoms with Gasteiger partial charge in [-0.3, -0.25) is 9.59 Å². The standard InChI is InChI=1S/C22H19NO4S/c1-23(13-16-11-12-28-15-16)20(24)14-27-22(26)19-9-7-18(8-10-19)21(25)17-5-3-2-4-6-17/h2-12,15H,13-14H2,1H3. The van der Waals surface area contributed by atoms with Crippen molar-refractivity contribution in [1.82, 2.24) is 4.90 Å². The van der Waals surface area contributed by atoms with Crippen LogP contribution >= 0.6 is 11.3 Å². The molecule has 0 radical (unpaired) electrons. The Morgan fingerprint density at radius 2 is 1.54 bits per heavy atom. The molecule has 3 aromatic rings. The average molecular weight is 393 g/mol. The summed E-state index contributed by atoms with van der Waals surface area (Å²) < 4.78 is 5.10. The molecule has 1 amide bonds. The lowest BCUT2D eigenvalue weighted by atomic mass is 10.0. The fraction of sp³-hybridized carbons (Fsp3) is 0.136. The van der Waals surface area contributed by atoms with Crippen molar-refractivity contribution in [3.8, 4) is 0 Å². The van der Waals surface area contributed by atoms with Crippen LogP contribution < -0.4 is 0 Å². The molecule has 0 aliphatic rings. The smallest absolute Gasteiger partial charge is 0.338 e. The Labute approximate surface area is 167 Å². The SMILES string of the molecule is CN(Cc1ccsc1)C(=O)COC(=O)c1ccc(C(=O)c2ccccc2)cc1. The second-order valence-corrected chi connectivity index (χ2v) is 7.01. The first kappa shape index (κ1) is 19.5. The third kappa shape index (κ3) is 4.92. The van der Waals surface area contributed by atoms with Gasteiger partial charge >= 0.3 is 5.97 Å². The largest absolute Gasteiger partial charge is 0.452 e. The number of esters is 1. The minimum atomic E-state index is -0.601. The van der Waals surface area contributed by atoms with Gasteiger partial charge < -0.3 is 9.64 Å². The molecular weight excluding hydrogens is 374 g/mol. The molecule has 0 saturated heterocycles. The van der Waals surface area contributed by atoms with Crippen LogP contribution in [0.5, 0.6) is 0 Å². The van der Waals surface area contributed by atoms with E-state index in [0.717, 1.165) is 5.56 Å². The van der Waals surface area contributed by atoms with Crippen LogP contribution in [-0.4, -0.2) is 36.2 Å². The maximum absolute atomic E-state index is 12.4. The van der Waals surface area contributed by atoms with Crippen molar-refractivity contribution >= 4 is 29.0 Å². The zero-order valence-corrected chi connectivity index (χ0v) is 16.1. The molecule has 0 N–H and O–H groups in total. The Morgan fingerprint density at radius 1 is 0.893 bits per heavy atom. The van der Waals surface area contributed by atoms with Gasteiger partial charge in [-0.25, -0.2) is 4.79 Å². The van der Waals surface area contributed by atoms with Crippen molar-refractivity contribution in [2.75, 3.05) is 13.7 Å². The number of ketones is 1. The van der Waals surface area contributed by atoms with Crippen molar-refractivity contribution in [3.05, 3.63) is 93.7 Å². The van der Waals surface area contributed by atoms with Gasteiger partial charge in [0.05, 0.1) is 5.56 Å². The first-order chi connectivity index (χ1) is 13.5. The van der Waals surface area contributed by atoms with Crippen LogP contribution in [0.3, 0.4) is 0 Å². The number of carbonyl (C=O) groups excluding carboxylic acids is 3. The molecule has 0 aliphatic heterocycles. The number of rotatable bonds is 7. The maximum atomic E-state index is 12.4. The van der Waals surface area contributed by atoms with Gasteiger partial charge in [-0.05, 0) is 34.5 Å². The number of hydrogen-bond donors (Lipinski definition) is 0. The van der Waals surface area contributed by atoms with Crippen LogP contribution in [0, 0.1) is 0 Å². The van der Waals surface area contributed by atoms with Crippen LogP contribution in [0.15, 0.2) is 71.4 Å². The van der Waals surface area contributed by atoms with E-state index >= 15 is 0 Å². The van der Waals surface area contributed by atoms with Gasteiger partial charge in [0.2, 0.25) is 0 Å². The van der Waals surface area contributed by atoms with E-state index in [1.807, 2.05) is 22.9 Å². The van der Waals surface area contributed by atoms with Crippen LogP contribution in [0.25, 0.3) is 0 Å². The summed E-state index contributed by atoms with van der Waals surface area (Å²) in [7, 11) is 1.66. The van der Waals surface area contributed by atoms with Crippen molar-refractivity contribution in [1.29, 1.82) is 0 Å². The number of ether oxygens (including phenoxy) is 1. The minimum absolute atomic E-state index is 0.120. The highest BCUT2D eigenvalue weighted by Crippen LogP contribution is 2.12. The number of hydrogen-bond acceptors (Lipinski definition) is 5. The van der Waals surface area contributed by atoms with Crippen LogP contribution in [-0.2, 0) is 16.1 Å². The van der Waals surface area contributed by atoms with Gasteiger partial charge in [-0.1, -0.05) is 42.5 Å². The molecule has 2 aromatic carbocycles. The zero-order valence-electron chi connectivity index (χ0n) is 15.3. The summed E-state index contributed by atoms with van der Waals surface area (Å²) in [6.07, 6.45) is 0. The first-order valence-corrected chi connectivity index (χ1v) is 9.61. The highest BCUT2D eigenvalue weighted by Gasteiger charge is 2.15. The summed E-state index contributed by atoms with van der Waals surface area (Å²) in [6.45, 7) is 0.139. The molecule has 5 nitrogen and oxygen atoms in total. The van der Waals surface area contributed by atoms with E-state index < -0.39 is 5.97 Å². The molecule has 142 valence electrons. The van der Waals surface area contributed by atoms with Gasteiger partial charge in [-0.2, -0.15) is 11.3 Å². The molecule has 6 heteroatoms. The second kappa shape index (κ2) is 9.10. The van der Waals surface area contributed by atoms with E-state index in [2.05, 4.69) is 0 Å². The van der Waals surface area contributed by atoms with Gasteiger partial charge in [0.1, 0.15) is 0 Å². The van der Waals surface area contributed by atoms with Gasteiger partial charge in [0, 0.05) is 24.7 Å². The van der Waals surface area contributed by atoms with Gasteiger partial charge in [-0.15, -0.1) is 0 Å². The summed E-state index contributed by atoms with van der Waals surface area (Å²) in [5.41, 5.74) is 2.38.